The van der Waals surface area contributed by atoms with Crippen LogP contribution in [0.15, 0.2) is 85.2 Å². The second-order valence-electron chi connectivity index (χ2n) is 5.92. The lowest BCUT2D eigenvalue weighted by Crippen LogP contribution is -2.39. The number of pyridine rings is 1. The second kappa shape index (κ2) is 8.11. The zero-order valence-corrected chi connectivity index (χ0v) is 14.2. The first-order valence-electron chi connectivity index (χ1n) is 8.24. The molecule has 126 valence electrons. The van der Waals surface area contributed by atoms with Crippen molar-refractivity contribution in [1.29, 1.82) is 0 Å². The smallest absolute Gasteiger partial charge is 0.318 e. The van der Waals surface area contributed by atoms with Gasteiger partial charge in [0.05, 0.1) is 6.04 Å². The first kappa shape index (κ1) is 16.7. The summed E-state index contributed by atoms with van der Waals surface area (Å²) in [6.45, 7) is 0.557. The van der Waals surface area contributed by atoms with E-state index in [1.807, 2.05) is 72.8 Å². The molecule has 2 aromatic carbocycles. The van der Waals surface area contributed by atoms with E-state index in [1.165, 1.54) is 0 Å². The van der Waals surface area contributed by atoms with E-state index < -0.39 is 0 Å². The minimum atomic E-state index is -0.236. The molecule has 0 fully saturated rings. The topological polar surface area (TPSA) is 45.2 Å². The lowest BCUT2D eigenvalue weighted by atomic mass is 10.0. The molecule has 0 unspecified atom stereocenters. The number of benzene rings is 2. The predicted octanol–water partition coefficient (Wildman–Crippen LogP) is 4.01. The molecule has 0 aliphatic rings. The Bertz CT molecular complexity index is 752. The van der Waals surface area contributed by atoms with E-state index in [0.717, 1.165) is 16.7 Å². The Morgan fingerprint density at radius 2 is 1.60 bits per heavy atom. The van der Waals surface area contributed by atoms with E-state index in [2.05, 4.69) is 10.3 Å². The maximum absolute atomic E-state index is 12.7. The molecular weight excluding hydrogens is 310 g/mol. The average molecular weight is 331 g/mol. The highest BCUT2D eigenvalue weighted by molar-refractivity contribution is 5.75. The van der Waals surface area contributed by atoms with Crippen LogP contribution in [0, 0.1) is 0 Å². The van der Waals surface area contributed by atoms with Gasteiger partial charge in [0, 0.05) is 26.0 Å². The number of urea groups is 1. The first-order valence-corrected chi connectivity index (χ1v) is 8.24. The fourth-order valence-corrected chi connectivity index (χ4v) is 2.71. The monoisotopic (exact) mass is 331 g/mol. The van der Waals surface area contributed by atoms with Crippen LogP contribution in [-0.4, -0.2) is 23.0 Å². The summed E-state index contributed by atoms with van der Waals surface area (Å²) >= 11 is 0. The molecule has 3 aromatic rings. The molecule has 1 heterocycles. The fraction of sp³-hybridized carbons (Fsp3) is 0.143. The largest absolute Gasteiger partial charge is 0.327 e. The minimum Gasteiger partial charge on any atom is -0.327 e. The van der Waals surface area contributed by atoms with E-state index in [4.69, 9.17) is 0 Å². The zero-order valence-electron chi connectivity index (χ0n) is 14.2. The van der Waals surface area contributed by atoms with Gasteiger partial charge >= 0.3 is 6.03 Å². The Kier molecular flexibility index (Phi) is 5.42. The highest BCUT2D eigenvalue weighted by atomic mass is 16.2. The Hall–Kier alpha value is -3.14. The van der Waals surface area contributed by atoms with Crippen molar-refractivity contribution in [2.24, 2.45) is 0 Å². The Labute approximate surface area is 148 Å². The molecule has 1 N–H and O–H groups in total. The van der Waals surface area contributed by atoms with E-state index >= 15 is 0 Å². The lowest BCUT2D eigenvalue weighted by molar-refractivity contribution is 0.204. The summed E-state index contributed by atoms with van der Waals surface area (Å²) in [6.07, 6.45) is 3.52. The molecule has 1 aromatic heterocycles. The van der Waals surface area contributed by atoms with Crippen LogP contribution in [0.2, 0.25) is 0 Å². The van der Waals surface area contributed by atoms with Crippen molar-refractivity contribution in [1.82, 2.24) is 15.2 Å². The summed E-state index contributed by atoms with van der Waals surface area (Å²) < 4.78 is 0. The molecule has 0 saturated carbocycles. The van der Waals surface area contributed by atoms with E-state index in [0.29, 0.717) is 6.54 Å². The van der Waals surface area contributed by atoms with Gasteiger partial charge in [0.1, 0.15) is 0 Å². The quantitative estimate of drug-likeness (QED) is 0.768. The number of nitrogens with zero attached hydrogens (tertiary/aromatic N) is 2. The molecule has 1 atom stereocenters. The predicted molar refractivity (Wildman–Crippen MR) is 99.0 cm³/mol. The maximum atomic E-state index is 12.7. The van der Waals surface area contributed by atoms with Gasteiger partial charge in [0.25, 0.3) is 0 Å². The normalized spacial score (nSPS) is 11.6. The van der Waals surface area contributed by atoms with Gasteiger partial charge in [-0.3, -0.25) is 4.98 Å². The van der Waals surface area contributed by atoms with Crippen LogP contribution in [0.4, 0.5) is 4.79 Å². The number of rotatable bonds is 5. The third kappa shape index (κ3) is 4.44. The molecule has 4 nitrogen and oxygen atoms in total. The van der Waals surface area contributed by atoms with Gasteiger partial charge in [-0.1, -0.05) is 66.7 Å². The van der Waals surface area contributed by atoms with Gasteiger partial charge in [-0.05, 0) is 22.8 Å². The molecule has 0 spiro atoms. The lowest BCUT2D eigenvalue weighted by Gasteiger charge is -2.24. The van der Waals surface area contributed by atoms with Crippen molar-refractivity contribution < 1.29 is 4.79 Å². The number of aromatic nitrogens is 1. The minimum absolute atomic E-state index is 0.124. The Morgan fingerprint density at radius 3 is 2.24 bits per heavy atom. The molecule has 2 amide bonds. The maximum Gasteiger partial charge on any atom is 0.318 e. The SMILES string of the molecule is CN(Cc1ccccc1)C(=O)N[C@H](c1ccccc1)c1cccnc1. The van der Waals surface area contributed by atoms with Gasteiger partial charge < -0.3 is 10.2 Å². The molecule has 0 aliphatic carbocycles. The number of amides is 2. The summed E-state index contributed by atoms with van der Waals surface area (Å²) in [5.41, 5.74) is 3.07. The summed E-state index contributed by atoms with van der Waals surface area (Å²) in [5, 5.41) is 3.12. The van der Waals surface area contributed by atoms with Crippen LogP contribution in [0.1, 0.15) is 22.7 Å². The number of nitrogens with one attached hydrogen (secondary N) is 1. The Morgan fingerprint density at radius 1 is 0.960 bits per heavy atom. The molecule has 0 saturated heterocycles. The van der Waals surface area contributed by atoms with E-state index in [1.54, 1.807) is 24.3 Å². The molecule has 4 heteroatoms. The van der Waals surface area contributed by atoms with Gasteiger partial charge in [-0.25, -0.2) is 4.79 Å². The number of hydrogen-bond donors (Lipinski definition) is 1. The average Bonchev–Trinajstić information content (AvgIpc) is 2.68. The van der Waals surface area contributed by atoms with E-state index in [-0.39, 0.29) is 12.1 Å². The van der Waals surface area contributed by atoms with Gasteiger partial charge in [-0.15, -0.1) is 0 Å². The third-order valence-electron chi connectivity index (χ3n) is 4.03. The number of carbonyl (C=O) groups excluding carboxylic acids is 1. The first-order chi connectivity index (χ1) is 12.2. The molecular formula is C21H21N3O. The summed E-state index contributed by atoms with van der Waals surface area (Å²) in [6, 6.07) is 23.4. The van der Waals surface area contributed by atoms with Gasteiger partial charge in [0.2, 0.25) is 0 Å². The number of hydrogen-bond acceptors (Lipinski definition) is 2. The second-order valence-corrected chi connectivity index (χ2v) is 5.92. The van der Waals surface area contributed by atoms with Crippen molar-refractivity contribution in [3.8, 4) is 0 Å². The van der Waals surface area contributed by atoms with Crippen LogP contribution in [-0.2, 0) is 6.54 Å². The number of carbonyl (C=O) groups is 1. The standard InChI is InChI=1S/C21H21N3O/c1-24(16-17-9-4-2-5-10-17)21(25)23-20(18-11-6-3-7-12-18)19-13-8-14-22-15-19/h2-15,20H,16H2,1H3,(H,23,25)/t20-/m1/s1. The third-order valence-corrected chi connectivity index (χ3v) is 4.03. The molecule has 25 heavy (non-hydrogen) atoms. The van der Waals surface area contributed by atoms with Gasteiger partial charge in [0.15, 0.2) is 0 Å². The van der Waals surface area contributed by atoms with Crippen molar-refractivity contribution in [2.45, 2.75) is 12.6 Å². The van der Waals surface area contributed by atoms with Gasteiger partial charge in [-0.2, -0.15) is 0 Å². The Balaban J connectivity index is 1.77. The van der Waals surface area contributed by atoms with Crippen molar-refractivity contribution >= 4 is 6.03 Å². The van der Waals surface area contributed by atoms with Crippen LogP contribution in [0.5, 0.6) is 0 Å². The fourth-order valence-electron chi connectivity index (χ4n) is 2.71. The van der Waals surface area contributed by atoms with Crippen molar-refractivity contribution in [3.63, 3.8) is 0 Å². The van der Waals surface area contributed by atoms with Crippen LogP contribution >= 0.6 is 0 Å². The van der Waals surface area contributed by atoms with Crippen LogP contribution in [0.25, 0.3) is 0 Å². The van der Waals surface area contributed by atoms with Crippen LogP contribution < -0.4 is 5.32 Å². The highest BCUT2D eigenvalue weighted by Crippen LogP contribution is 2.21. The van der Waals surface area contributed by atoms with Crippen molar-refractivity contribution in [2.75, 3.05) is 7.05 Å². The summed E-state index contributed by atoms with van der Waals surface area (Å²) in [5.74, 6) is 0. The molecule has 0 bridgehead atoms. The van der Waals surface area contributed by atoms with E-state index in [9.17, 15) is 4.79 Å². The zero-order chi connectivity index (χ0) is 17.5. The molecule has 0 radical (unpaired) electrons. The summed E-state index contributed by atoms with van der Waals surface area (Å²) in [4.78, 5) is 18.6. The molecule has 0 aliphatic heterocycles. The summed E-state index contributed by atoms with van der Waals surface area (Å²) in [7, 11) is 1.80. The van der Waals surface area contributed by atoms with Crippen molar-refractivity contribution in [3.05, 3.63) is 102 Å². The molecule has 3 rings (SSSR count). The van der Waals surface area contributed by atoms with Crippen LogP contribution in [0.3, 0.4) is 0 Å². The highest BCUT2D eigenvalue weighted by Gasteiger charge is 2.19.